The summed E-state index contributed by atoms with van der Waals surface area (Å²) in [6, 6.07) is 9.25. The van der Waals surface area contributed by atoms with Crippen molar-refractivity contribution in [3.63, 3.8) is 0 Å². The number of anilines is 2. The highest BCUT2D eigenvalue weighted by Gasteiger charge is 2.31. The minimum absolute atomic E-state index is 0.0229. The van der Waals surface area contributed by atoms with E-state index >= 15 is 0 Å². The molecule has 0 aliphatic heterocycles. The third-order valence-electron chi connectivity index (χ3n) is 5.32. The van der Waals surface area contributed by atoms with E-state index in [-0.39, 0.29) is 24.7 Å². The van der Waals surface area contributed by atoms with Crippen LogP contribution in [0.25, 0.3) is 21.3 Å². The molecule has 4 rings (SSSR count). The SMILES string of the molecule is Cn1c(Nc2nc3ccc(OC(F)(F)F)cc3s2)nc2cc(C(=O)CCCOCCOCCO)ccc21. The van der Waals surface area contributed by atoms with E-state index in [9.17, 15) is 18.0 Å². The molecule has 0 unspecified atom stereocenters. The van der Waals surface area contributed by atoms with Gasteiger partial charge in [0, 0.05) is 31.7 Å². The van der Waals surface area contributed by atoms with Gasteiger partial charge in [-0.25, -0.2) is 9.97 Å². The fourth-order valence-corrected chi connectivity index (χ4v) is 4.49. The molecule has 0 radical (unpaired) electrons. The van der Waals surface area contributed by atoms with Crippen LogP contribution in [0.3, 0.4) is 0 Å². The second kappa shape index (κ2) is 11.9. The van der Waals surface area contributed by atoms with E-state index in [1.807, 2.05) is 13.1 Å². The van der Waals surface area contributed by atoms with Gasteiger partial charge in [0.25, 0.3) is 0 Å². The van der Waals surface area contributed by atoms with Crippen LogP contribution < -0.4 is 10.1 Å². The molecule has 0 amide bonds. The Labute approximate surface area is 213 Å². The Morgan fingerprint density at radius 1 is 1.05 bits per heavy atom. The van der Waals surface area contributed by atoms with Gasteiger partial charge in [-0.3, -0.25) is 4.79 Å². The zero-order valence-corrected chi connectivity index (χ0v) is 20.7. The number of aliphatic hydroxyl groups excluding tert-OH is 1. The number of aryl methyl sites for hydroxylation is 1. The first-order valence-electron chi connectivity index (χ1n) is 11.4. The Morgan fingerprint density at radius 3 is 2.59 bits per heavy atom. The second-order valence-electron chi connectivity index (χ2n) is 7.99. The third-order valence-corrected chi connectivity index (χ3v) is 6.25. The lowest BCUT2D eigenvalue weighted by molar-refractivity contribution is -0.274. The third kappa shape index (κ3) is 7.16. The quantitative estimate of drug-likeness (QED) is 0.184. The summed E-state index contributed by atoms with van der Waals surface area (Å²) >= 11 is 1.17. The van der Waals surface area contributed by atoms with Crippen LogP contribution in [-0.2, 0) is 16.5 Å². The van der Waals surface area contributed by atoms with E-state index in [0.29, 0.717) is 65.0 Å². The van der Waals surface area contributed by atoms with Crippen molar-refractivity contribution in [2.75, 3.05) is 38.4 Å². The number of rotatable bonds is 13. The van der Waals surface area contributed by atoms with Crippen LogP contribution in [0.2, 0.25) is 0 Å². The van der Waals surface area contributed by atoms with Gasteiger partial charge in [-0.2, -0.15) is 0 Å². The fourth-order valence-electron chi connectivity index (χ4n) is 3.60. The summed E-state index contributed by atoms with van der Waals surface area (Å²) in [6.07, 6.45) is -3.87. The molecule has 0 spiro atoms. The molecule has 2 heterocycles. The number of ether oxygens (including phenoxy) is 3. The van der Waals surface area contributed by atoms with Gasteiger partial charge in [0.15, 0.2) is 10.9 Å². The van der Waals surface area contributed by atoms with Gasteiger partial charge in [0.05, 0.1) is 47.7 Å². The minimum Gasteiger partial charge on any atom is -0.406 e. The Balaban J connectivity index is 1.38. The van der Waals surface area contributed by atoms with Crippen molar-refractivity contribution in [3.05, 3.63) is 42.0 Å². The van der Waals surface area contributed by atoms with Crippen LogP contribution in [-0.4, -0.2) is 64.8 Å². The van der Waals surface area contributed by atoms with Gasteiger partial charge >= 0.3 is 6.36 Å². The molecule has 0 fully saturated rings. The highest BCUT2D eigenvalue weighted by Crippen LogP contribution is 2.33. The number of alkyl halides is 3. The maximum absolute atomic E-state index is 12.6. The lowest BCUT2D eigenvalue weighted by Gasteiger charge is -2.07. The summed E-state index contributed by atoms with van der Waals surface area (Å²) in [5, 5.41) is 12.2. The van der Waals surface area contributed by atoms with Crippen LogP contribution in [0.15, 0.2) is 36.4 Å². The molecule has 0 aliphatic rings. The molecular formula is C24H25F3N4O5S. The van der Waals surface area contributed by atoms with Gasteiger partial charge in [0.1, 0.15) is 5.75 Å². The average Bonchev–Trinajstić information content (AvgIpc) is 3.39. The molecular weight excluding hydrogens is 513 g/mol. The summed E-state index contributed by atoms with van der Waals surface area (Å²) in [6.45, 7) is 1.48. The van der Waals surface area contributed by atoms with E-state index in [4.69, 9.17) is 14.6 Å². The summed E-state index contributed by atoms with van der Waals surface area (Å²) in [5.74, 6) is 0.140. The highest BCUT2D eigenvalue weighted by molar-refractivity contribution is 7.22. The van der Waals surface area contributed by atoms with Crippen molar-refractivity contribution in [1.29, 1.82) is 0 Å². The highest BCUT2D eigenvalue weighted by atomic mass is 32.1. The number of carbonyl (C=O) groups is 1. The van der Waals surface area contributed by atoms with Crippen molar-refractivity contribution in [2.24, 2.45) is 7.05 Å². The number of imidazole rings is 1. The van der Waals surface area contributed by atoms with Crippen molar-refractivity contribution in [3.8, 4) is 5.75 Å². The molecule has 13 heteroatoms. The van der Waals surface area contributed by atoms with Gasteiger partial charge in [0.2, 0.25) is 5.95 Å². The molecule has 9 nitrogen and oxygen atoms in total. The predicted molar refractivity (Wildman–Crippen MR) is 133 cm³/mol. The number of Topliss-reactive ketones (excluding diaryl/α,β-unsaturated/α-hetero) is 1. The van der Waals surface area contributed by atoms with Crippen molar-refractivity contribution in [2.45, 2.75) is 19.2 Å². The van der Waals surface area contributed by atoms with Gasteiger partial charge in [-0.15, -0.1) is 13.2 Å². The number of fused-ring (bicyclic) bond motifs is 2. The zero-order valence-electron chi connectivity index (χ0n) is 19.9. The number of thiazole rings is 1. The Hall–Kier alpha value is -3.26. The summed E-state index contributed by atoms with van der Waals surface area (Å²) < 4.78 is 54.3. The summed E-state index contributed by atoms with van der Waals surface area (Å²) in [4.78, 5) is 21.6. The van der Waals surface area contributed by atoms with E-state index in [1.54, 1.807) is 16.7 Å². The summed E-state index contributed by atoms with van der Waals surface area (Å²) in [7, 11) is 1.81. The van der Waals surface area contributed by atoms with E-state index in [2.05, 4.69) is 20.0 Å². The predicted octanol–water partition coefficient (Wildman–Crippen LogP) is 4.81. The molecule has 2 aromatic heterocycles. The van der Waals surface area contributed by atoms with Gasteiger partial charge in [-0.1, -0.05) is 11.3 Å². The molecule has 0 saturated carbocycles. The molecule has 2 aromatic carbocycles. The number of aliphatic hydroxyl groups is 1. The smallest absolute Gasteiger partial charge is 0.406 e. The normalized spacial score (nSPS) is 11.9. The molecule has 0 aliphatic carbocycles. The number of nitrogens with one attached hydrogen (secondary N) is 1. The van der Waals surface area contributed by atoms with Crippen LogP contribution in [0.1, 0.15) is 23.2 Å². The standard InChI is InChI=1S/C24H25F3N4O5S/c1-31-19-7-4-15(20(33)3-2-9-34-11-12-35-10-8-32)13-18(19)28-22(31)30-23-29-17-6-5-16(14-21(17)37-23)36-24(25,26)27/h4-7,13-14,32H,2-3,8-12H2,1H3,(H,28,29,30). The van der Waals surface area contributed by atoms with Crippen molar-refractivity contribution in [1.82, 2.24) is 14.5 Å². The first-order chi connectivity index (χ1) is 17.7. The maximum Gasteiger partial charge on any atom is 0.573 e. The second-order valence-corrected chi connectivity index (χ2v) is 9.03. The number of carbonyl (C=O) groups excluding carboxylic acids is 1. The summed E-state index contributed by atoms with van der Waals surface area (Å²) in [5.41, 5.74) is 2.48. The topological polar surface area (TPSA) is 108 Å². The van der Waals surface area contributed by atoms with Crippen molar-refractivity contribution >= 4 is 49.4 Å². The first kappa shape index (κ1) is 26.8. The lowest BCUT2D eigenvalue weighted by Crippen LogP contribution is -2.16. The fraction of sp³-hybridized carbons (Fsp3) is 0.375. The molecule has 37 heavy (non-hydrogen) atoms. The number of hydrogen-bond donors (Lipinski definition) is 2. The number of nitrogens with zero attached hydrogens (tertiary/aromatic N) is 3. The molecule has 0 bridgehead atoms. The Kier molecular flexibility index (Phi) is 8.59. The van der Waals surface area contributed by atoms with Gasteiger partial charge in [-0.05, 0) is 36.8 Å². The van der Waals surface area contributed by atoms with E-state index in [0.717, 1.165) is 5.52 Å². The number of benzene rings is 2. The average molecular weight is 539 g/mol. The largest absolute Gasteiger partial charge is 0.573 e. The van der Waals surface area contributed by atoms with E-state index < -0.39 is 6.36 Å². The zero-order chi connectivity index (χ0) is 26.4. The van der Waals surface area contributed by atoms with Crippen LogP contribution in [0, 0.1) is 0 Å². The molecule has 4 aromatic rings. The van der Waals surface area contributed by atoms with Crippen LogP contribution in [0.5, 0.6) is 5.75 Å². The lowest BCUT2D eigenvalue weighted by atomic mass is 10.1. The number of ketones is 1. The Bertz CT molecular complexity index is 1370. The van der Waals surface area contributed by atoms with Crippen LogP contribution in [0.4, 0.5) is 24.3 Å². The van der Waals surface area contributed by atoms with Crippen LogP contribution >= 0.6 is 11.3 Å². The van der Waals surface area contributed by atoms with Crippen molar-refractivity contribution < 1.29 is 37.3 Å². The number of halogens is 3. The molecule has 198 valence electrons. The first-order valence-corrected chi connectivity index (χ1v) is 12.2. The molecule has 2 N–H and O–H groups in total. The maximum atomic E-state index is 12.6. The monoisotopic (exact) mass is 538 g/mol. The Morgan fingerprint density at radius 2 is 1.84 bits per heavy atom. The number of hydrogen-bond acceptors (Lipinski definition) is 9. The molecule has 0 atom stereocenters. The number of aromatic nitrogens is 3. The minimum atomic E-state index is -4.77. The molecule has 0 saturated heterocycles. The van der Waals surface area contributed by atoms with Gasteiger partial charge < -0.3 is 29.2 Å². The van der Waals surface area contributed by atoms with E-state index in [1.165, 1.54) is 29.5 Å².